The number of nitrogens with one attached hydrogen (secondary N) is 1. The first-order valence-corrected chi connectivity index (χ1v) is 8.61. The van der Waals surface area contributed by atoms with Crippen LogP contribution < -0.4 is 5.32 Å². The van der Waals surface area contributed by atoms with Gasteiger partial charge in [-0.25, -0.2) is 8.42 Å². The first-order chi connectivity index (χ1) is 8.11. The summed E-state index contributed by atoms with van der Waals surface area (Å²) in [5.41, 5.74) is 0. The Morgan fingerprint density at radius 2 is 1.71 bits per heavy atom. The molecule has 2 rings (SSSR count). The van der Waals surface area contributed by atoms with Crippen molar-refractivity contribution in [3.05, 3.63) is 0 Å². The molecule has 1 saturated carbocycles. The van der Waals surface area contributed by atoms with Gasteiger partial charge in [-0.15, -0.1) is 0 Å². The predicted octanol–water partition coefficient (Wildman–Crippen LogP) is 0.638. The van der Waals surface area contributed by atoms with Gasteiger partial charge in [-0.1, -0.05) is 6.92 Å². The maximum absolute atomic E-state index is 11.4. The molecule has 0 aromatic carbocycles. The molecule has 1 N–H and O–H groups in total. The van der Waals surface area contributed by atoms with Gasteiger partial charge in [-0.05, 0) is 32.2 Å². The highest BCUT2D eigenvalue weighted by molar-refractivity contribution is 7.91. The zero-order valence-electron chi connectivity index (χ0n) is 10.7. The highest BCUT2D eigenvalue weighted by Gasteiger charge is 2.29. The van der Waals surface area contributed by atoms with E-state index in [0.717, 1.165) is 19.6 Å². The molecule has 0 radical (unpaired) electrons. The second-order valence-electron chi connectivity index (χ2n) is 5.25. The van der Waals surface area contributed by atoms with Gasteiger partial charge in [0.25, 0.3) is 0 Å². The molecule has 2 aliphatic rings. The topological polar surface area (TPSA) is 49.4 Å². The summed E-state index contributed by atoms with van der Waals surface area (Å²) in [5, 5.41) is 3.51. The van der Waals surface area contributed by atoms with Gasteiger partial charge in [-0.2, -0.15) is 0 Å². The Kier molecular flexibility index (Phi) is 4.44. The van der Waals surface area contributed by atoms with E-state index in [1.54, 1.807) is 0 Å². The van der Waals surface area contributed by atoms with Crippen LogP contribution in [-0.4, -0.2) is 56.5 Å². The third-order valence-corrected chi connectivity index (χ3v) is 5.69. The van der Waals surface area contributed by atoms with Gasteiger partial charge < -0.3 is 5.32 Å². The number of hydrogen-bond donors (Lipinski definition) is 1. The Morgan fingerprint density at radius 1 is 1.12 bits per heavy atom. The van der Waals surface area contributed by atoms with Crippen molar-refractivity contribution in [2.24, 2.45) is 0 Å². The van der Waals surface area contributed by atoms with Crippen molar-refractivity contribution in [1.29, 1.82) is 0 Å². The fourth-order valence-corrected chi connectivity index (χ4v) is 4.25. The minimum atomic E-state index is -2.73. The second-order valence-corrected chi connectivity index (χ2v) is 7.55. The molecule has 0 aromatic rings. The van der Waals surface area contributed by atoms with E-state index in [1.165, 1.54) is 25.7 Å². The zero-order chi connectivity index (χ0) is 12.3. The van der Waals surface area contributed by atoms with Crippen molar-refractivity contribution >= 4 is 9.84 Å². The maximum Gasteiger partial charge on any atom is 0.152 e. The van der Waals surface area contributed by atoms with Crippen molar-refractivity contribution in [1.82, 2.24) is 10.2 Å². The molecule has 5 heteroatoms. The number of nitrogens with zero attached hydrogens (tertiary/aromatic N) is 1. The van der Waals surface area contributed by atoms with Crippen LogP contribution in [0.2, 0.25) is 0 Å². The predicted molar refractivity (Wildman–Crippen MR) is 69.9 cm³/mol. The van der Waals surface area contributed by atoms with E-state index in [9.17, 15) is 8.42 Å². The van der Waals surface area contributed by atoms with Crippen molar-refractivity contribution in [3.63, 3.8) is 0 Å². The standard InChI is InChI=1S/C12H24N2O2S/c1-2-13-11-3-5-12(6-4-11)14-7-9-17(15,16)10-8-14/h11-13H,2-10H2,1H3. The lowest BCUT2D eigenvalue weighted by Gasteiger charge is -2.38. The highest BCUT2D eigenvalue weighted by Crippen LogP contribution is 2.24. The minimum Gasteiger partial charge on any atom is -0.314 e. The molecule has 4 nitrogen and oxygen atoms in total. The monoisotopic (exact) mass is 260 g/mol. The van der Waals surface area contributed by atoms with Crippen LogP contribution in [0.15, 0.2) is 0 Å². The van der Waals surface area contributed by atoms with Crippen molar-refractivity contribution in [2.75, 3.05) is 31.1 Å². The van der Waals surface area contributed by atoms with E-state index in [0.29, 0.717) is 23.6 Å². The summed E-state index contributed by atoms with van der Waals surface area (Å²) in [6.07, 6.45) is 4.92. The Bertz CT molecular complexity index is 320. The zero-order valence-corrected chi connectivity index (χ0v) is 11.5. The molecular formula is C12H24N2O2S. The number of hydrogen-bond acceptors (Lipinski definition) is 4. The van der Waals surface area contributed by atoms with Gasteiger partial charge in [0, 0.05) is 25.2 Å². The summed E-state index contributed by atoms with van der Waals surface area (Å²) >= 11 is 0. The third kappa shape index (κ3) is 3.66. The van der Waals surface area contributed by atoms with Crippen LogP contribution in [0.25, 0.3) is 0 Å². The molecule has 17 heavy (non-hydrogen) atoms. The molecule has 0 bridgehead atoms. The maximum atomic E-state index is 11.4. The van der Waals surface area contributed by atoms with Crippen LogP contribution in [0, 0.1) is 0 Å². The van der Waals surface area contributed by atoms with Gasteiger partial charge in [0.1, 0.15) is 0 Å². The third-order valence-electron chi connectivity index (χ3n) is 4.08. The van der Waals surface area contributed by atoms with Gasteiger partial charge in [0.05, 0.1) is 11.5 Å². The Hall–Kier alpha value is -0.130. The minimum absolute atomic E-state index is 0.361. The molecule has 0 unspecified atom stereocenters. The molecule has 0 aromatic heterocycles. The lowest BCUT2D eigenvalue weighted by Crippen LogP contribution is -2.48. The smallest absolute Gasteiger partial charge is 0.152 e. The summed E-state index contributed by atoms with van der Waals surface area (Å²) in [7, 11) is -2.73. The average Bonchev–Trinajstić information content (AvgIpc) is 2.31. The van der Waals surface area contributed by atoms with Gasteiger partial charge in [0.15, 0.2) is 9.84 Å². The van der Waals surface area contributed by atoms with Crippen LogP contribution in [-0.2, 0) is 9.84 Å². The lowest BCUT2D eigenvalue weighted by atomic mass is 9.90. The first kappa shape index (κ1) is 13.3. The van der Waals surface area contributed by atoms with E-state index in [-0.39, 0.29) is 0 Å². The number of rotatable bonds is 3. The van der Waals surface area contributed by atoms with Gasteiger partial charge in [0.2, 0.25) is 0 Å². The van der Waals surface area contributed by atoms with Crippen LogP contribution in [0.5, 0.6) is 0 Å². The molecule has 1 aliphatic heterocycles. The highest BCUT2D eigenvalue weighted by atomic mass is 32.2. The van der Waals surface area contributed by atoms with Gasteiger partial charge in [-0.3, -0.25) is 4.90 Å². The molecule has 1 aliphatic carbocycles. The summed E-state index contributed by atoms with van der Waals surface area (Å²) in [6, 6.07) is 1.31. The molecule has 1 saturated heterocycles. The SMILES string of the molecule is CCNC1CCC(N2CCS(=O)(=O)CC2)CC1. The summed E-state index contributed by atoms with van der Waals surface area (Å²) < 4.78 is 22.8. The normalized spacial score (nSPS) is 34.6. The molecule has 100 valence electrons. The van der Waals surface area contributed by atoms with E-state index < -0.39 is 9.84 Å². The lowest BCUT2D eigenvalue weighted by molar-refractivity contribution is 0.154. The quantitative estimate of drug-likeness (QED) is 0.809. The molecular weight excluding hydrogens is 236 g/mol. The van der Waals surface area contributed by atoms with Crippen molar-refractivity contribution in [2.45, 2.75) is 44.7 Å². The Morgan fingerprint density at radius 3 is 2.24 bits per heavy atom. The molecule has 2 fully saturated rings. The van der Waals surface area contributed by atoms with Crippen molar-refractivity contribution < 1.29 is 8.42 Å². The van der Waals surface area contributed by atoms with Gasteiger partial charge >= 0.3 is 0 Å². The van der Waals surface area contributed by atoms with Crippen molar-refractivity contribution in [3.8, 4) is 0 Å². The fourth-order valence-electron chi connectivity index (χ4n) is 3.03. The van der Waals surface area contributed by atoms with Crippen LogP contribution in [0.1, 0.15) is 32.6 Å². The Labute approximate surface area is 105 Å². The molecule has 0 spiro atoms. The second kappa shape index (κ2) is 5.67. The molecule has 0 amide bonds. The summed E-state index contributed by atoms with van der Waals surface area (Å²) in [4.78, 5) is 2.39. The van der Waals surface area contributed by atoms with E-state index >= 15 is 0 Å². The van der Waals surface area contributed by atoms with E-state index in [1.807, 2.05) is 0 Å². The van der Waals surface area contributed by atoms with Crippen LogP contribution >= 0.6 is 0 Å². The summed E-state index contributed by atoms with van der Waals surface area (Å²) in [5.74, 6) is 0.722. The number of sulfone groups is 1. The Balaban J connectivity index is 1.78. The first-order valence-electron chi connectivity index (χ1n) is 6.78. The van der Waals surface area contributed by atoms with Crippen LogP contribution in [0.4, 0.5) is 0 Å². The largest absolute Gasteiger partial charge is 0.314 e. The van der Waals surface area contributed by atoms with Crippen LogP contribution in [0.3, 0.4) is 0 Å². The summed E-state index contributed by atoms with van der Waals surface area (Å²) in [6.45, 7) is 4.70. The van der Waals surface area contributed by atoms with E-state index in [4.69, 9.17) is 0 Å². The van der Waals surface area contributed by atoms with E-state index in [2.05, 4.69) is 17.1 Å². The molecule has 1 heterocycles. The fraction of sp³-hybridized carbons (Fsp3) is 1.00. The molecule has 0 atom stereocenters. The average molecular weight is 260 g/mol.